The molecule has 1 rings (SSSR count). The van der Waals surface area contributed by atoms with E-state index < -0.39 is 0 Å². The van der Waals surface area contributed by atoms with E-state index in [1.54, 1.807) is 11.8 Å². The van der Waals surface area contributed by atoms with Crippen molar-refractivity contribution in [2.75, 3.05) is 24.6 Å². The minimum Gasteiger partial charge on any atom is -0.355 e. The van der Waals surface area contributed by atoms with Crippen LogP contribution in [-0.2, 0) is 4.79 Å². The van der Waals surface area contributed by atoms with Gasteiger partial charge in [-0.15, -0.1) is 0 Å². The number of hydrogen-bond acceptors (Lipinski definition) is 3. The quantitative estimate of drug-likeness (QED) is 0.666. The number of hydrogen-bond donors (Lipinski definition) is 2. The molecule has 0 aliphatic heterocycles. The standard InChI is InChI=1S/C14H26N2OS/c1-12(9-15)10-18-11-14(17)16-8-7-13-5-3-2-4-6-13/h5,12H,2-4,6-11,15H2,1H3,(H,16,17). The first-order chi connectivity index (χ1) is 8.72. The van der Waals surface area contributed by atoms with Crippen LogP contribution in [0.3, 0.4) is 0 Å². The van der Waals surface area contributed by atoms with Crippen LogP contribution in [0.25, 0.3) is 0 Å². The molecule has 104 valence electrons. The zero-order valence-electron chi connectivity index (χ0n) is 11.4. The van der Waals surface area contributed by atoms with E-state index in [0.717, 1.165) is 18.7 Å². The van der Waals surface area contributed by atoms with Crippen LogP contribution in [0.4, 0.5) is 0 Å². The van der Waals surface area contributed by atoms with E-state index in [-0.39, 0.29) is 5.91 Å². The van der Waals surface area contributed by atoms with Gasteiger partial charge in [0.05, 0.1) is 5.75 Å². The van der Waals surface area contributed by atoms with E-state index in [2.05, 4.69) is 18.3 Å². The average molecular weight is 270 g/mol. The third-order valence-corrected chi connectivity index (χ3v) is 4.46. The lowest BCUT2D eigenvalue weighted by molar-refractivity contribution is -0.118. The van der Waals surface area contributed by atoms with Crippen molar-refractivity contribution >= 4 is 17.7 Å². The molecule has 1 unspecified atom stereocenters. The summed E-state index contributed by atoms with van der Waals surface area (Å²) < 4.78 is 0. The smallest absolute Gasteiger partial charge is 0.230 e. The molecule has 18 heavy (non-hydrogen) atoms. The van der Waals surface area contributed by atoms with Gasteiger partial charge in [0.2, 0.25) is 5.91 Å². The zero-order valence-corrected chi connectivity index (χ0v) is 12.2. The van der Waals surface area contributed by atoms with Crippen LogP contribution in [0.15, 0.2) is 11.6 Å². The number of rotatable bonds is 8. The summed E-state index contributed by atoms with van der Waals surface area (Å²) in [5.74, 6) is 2.18. The molecule has 0 heterocycles. The molecule has 1 atom stereocenters. The molecule has 0 saturated heterocycles. The molecule has 1 aliphatic carbocycles. The molecule has 0 saturated carbocycles. The van der Waals surface area contributed by atoms with Crippen LogP contribution in [0, 0.1) is 5.92 Å². The molecule has 0 aromatic heterocycles. The highest BCUT2D eigenvalue weighted by atomic mass is 32.2. The van der Waals surface area contributed by atoms with Crippen LogP contribution in [-0.4, -0.2) is 30.5 Å². The number of thioether (sulfide) groups is 1. The molecular weight excluding hydrogens is 244 g/mol. The van der Waals surface area contributed by atoms with Crippen molar-refractivity contribution in [3.05, 3.63) is 11.6 Å². The highest BCUT2D eigenvalue weighted by molar-refractivity contribution is 7.99. The Morgan fingerprint density at radius 3 is 3.06 bits per heavy atom. The third-order valence-electron chi connectivity index (χ3n) is 3.19. The lowest BCUT2D eigenvalue weighted by Gasteiger charge is -2.13. The fourth-order valence-corrected chi connectivity index (χ4v) is 2.91. The summed E-state index contributed by atoms with van der Waals surface area (Å²) >= 11 is 1.67. The number of amides is 1. The number of carbonyl (C=O) groups excluding carboxylic acids is 1. The maximum Gasteiger partial charge on any atom is 0.230 e. The summed E-state index contributed by atoms with van der Waals surface area (Å²) in [5, 5.41) is 2.99. The van der Waals surface area contributed by atoms with Gasteiger partial charge in [0.1, 0.15) is 0 Å². The van der Waals surface area contributed by atoms with Crippen LogP contribution >= 0.6 is 11.8 Å². The first kappa shape index (κ1) is 15.6. The van der Waals surface area contributed by atoms with Gasteiger partial charge in [-0.3, -0.25) is 4.79 Å². The Morgan fingerprint density at radius 2 is 2.39 bits per heavy atom. The molecule has 0 spiro atoms. The van der Waals surface area contributed by atoms with E-state index in [9.17, 15) is 4.79 Å². The first-order valence-corrected chi connectivity index (χ1v) is 8.10. The average Bonchev–Trinajstić information content (AvgIpc) is 2.39. The van der Waals surface area contributed by atoms with Gasteiger partial charge in [-0.2, -0.15) is 11.8 Å². The molecule has 0 fully saturated rings. The maximum atomic E-state index is 11.6. The van der Waals surface area contributed by atoms with Gasteiger partial charge in [-0.1, -0.05) is 18.6 Å². The van der Waals surface area contributed by atoms with Crippen LogP contribution in [0.5, 0.6) is 0 Å². The summed E-state index contributed by atoms with van der Waals surface area (Å²) in [6.45, 7) is 3.60. The van der Waals surface area contributed by atoms with E-state index in [0.29, 0.717) is 18.2 Å². The first-order valence-electron chi connectivity index (χ1n) is 6.94. The third kappa shape index (κ3) is 7.07. The summed E-state index contributed by atoms with van der Waals surface area (Å²) in [6.07, 6.45) is 8.44. The molecular formula is C14H26N2OS. The van der Waals surface area contributed by atoms with E-state index in [1.807, 2.05) is 0 Å². The number of nitrogens with two attached hydrogens (primary N) is 1. The SMILES string of the molecule is CC(CN)CSCC(=O)NCCC1=CCCCC1. The Hall–Kier alpha value is -0.480. The Morgan fingerprint density at radius 1 is 1.56 bits per heavy atom. The highest BCUT2D eigenvalue weighted by Gasteiger charge is 2.06. The monoisotopic (exact) mass is 270 g/mol. The Balaban J connectivity index is 2.01. The van der Waals surface area contributed by atoms with Crippen molar-refractivity contribution in [2.24, 2.45) is 11.7 Å². The van der Waals surface area contributed by atoms with Crippen LogP contribution in [0.2, 0.25) is 0 Å². The number of carbonyl (C=O) groups is 1. The van der Waals surface area contributed by atoms with Crippen molar-refractivity contribution in [1.29, 1.82) is 0 Å². The normalized spacial score (nSPS) is 17.1. The van der Waals surface area contributed by atoms with Gasteiger partial charge < -0.3 is 11.1 Å². The summed E-state index contributed by atoms with van der Waals surface area (Å²) in [5.41, 5.74) is 7.05. The van der Waals surface area contributed by atoms with E-state index in [4.69, 9.17) is 5.73 Å². The van der Waals surface area contributed by atoms with Gasteiger partial charge in [0.15, 0.2) is 0 Å². The van der Waals surface area contributed by atoms with Gasteiger partial charge in [0, 0.05) is 6.54 Å². The minimum absolute atomic E-state index is 0.153. The predicted octanol–water partition coefficient (Wildman–Crippen LogP) is 2.32. The highest BCUT2D eigenvalue weighted by Crippen LogP contribution is 2.19. The second-order valence-electron chi connectivity index (χ2n) is 5.06. The lowest BCUT2D eigenvalue weighted by atomic mass is 9.97. The largest absolute Gasteiger partial charge is 0.355 e. The Labute approximate surface area is 115 Å². The number of allylic oxidation sites excluding steroid dienone is 1. The molecule has 0 radical (unpaired) electrons. The van der Waals surface area contributed by atoms with Crippen LogP contribution in [0.1, 0.15) is 39.0 Å². The van der Waals surface area contributed by atoms with E-state index >= 15 is 0 Å². The molecule has 0 aromatic carbocycles. The Bertz CT molecular complexity index is 279. The van der Waals surface area contributed by atoms with Gasteiger partial charge in [-0.05, 0) is 50.3 Å². The number of nitrogens with one attached hydrogen (secondary N) is 1. The Kier molecular flexibility index (Phi) is 8.18. The lowest BCUT2D eigenvalue weighted by Crippen LogP contribution is -2.27. The van der Waals surface area contributed by atoms with Gasteiger partial charge in [-0.25, -0.2) is 0 Å². The van der Waals surface area contributed by atoms with Crippen LogP contribution < -0.4 is 11.1 Å². The van der Waals surface area contributed by atoms with Crippen molar-refractivity contribution < 1.29 is 4.79 Å². The molecule has 3 N–H and O–H groups in total. The van der Waals surface area contributed by atoms with Crippen molar-refractivity contribution in [2.45, 2.75) is 39.0 Å². The zero-order chi connectivity index (χ0) is 13.2. The van der Waals surface area contributed by atoms with Gasteiger partial charge in [0.25, 0.3) is 0 Å². The second-order valence-corrected chi connectivity index (χ2v) is 6.09. The second kappa shape index (κ2) is 9.45. The predicted molar refractivity (Wildman–Crippen MR) is 79.7 cm³/mol. The molecule has 4 heteroatoms. The summed E-state index contributed by atoms with van der Waals surface area (Å²) in [7, 11) is 0. The molecule has 1 aliphatic rings. The fourth-order valence-electron chi connectivity index (χ4n) is 1.97. The summed E-state index contributed by atoms with van der Waals surface area (Å²) in [4.78, 5) is 11.6. The van der Waals surface area contributed by atoms with Gasteiger partial charge >= 0.3 is 0 Å². The van der Waals surface area contributed by atoms with Crippen molar-refractivity contribution in [1.82, 2.24) is 5.32 Å². The van der Waals surface area contributed by atoms with Crippen molar-refractivity contribution in [3.8, 4) is 0 Å². The topological polar surface area (TPSA) is 55.1 Å². The fraction of sp³-hybridized carbons (Fsp3) is 0.786. The molecule has 1 amide bonds. The van der Waals surface area contributed by atoms with E-state index in [1.165, 1.54) is 31.3 Å². The summed E-state index contributed by atoms with van der Waals surface area (Å²) in [6, 6.07) is 0. The maximum absolute atomic E-state index is 11.6. The molecule has 0 aromatic rings. The molecule has 0 bridgehead atoms. The minimum atomic E-state index is 0.153. The molecule has 3 nitrogen and oxygen atoms in total. The van der Waals surface area contributed by atoms with Crippen molar-refractivity contribution in [3.63, 3.8) is 0 Å².